The Morgan fingerprint density at radius 1 is 1.29 bits per heavy atom. The molecule has 7 heteroatoms. The highest BCUT2D eigenvalue weighted by Gasteiger charge is 2.08. The van der Waals surface area contributed by atoms with Gasteiger partial charge in [-0.1, -0.05) is 6.08 Å². The third kappa shape index (κ3) is 1.57. The SMILES string of the molecule is C=CCNc1ncnc2nc3n[nH]nc3cc12. The summed E-state index contributed by atoms with van der Waals surface area (Å²) in [5.74, 6) is 0.715. The summed E-state index contributed by atoms with van der Waals surface area (Å²) < 4.78 is 0. The van der Waals surface area contributed by atoms with Crippen LogP contribution in [0.15, 0.2) is 25.0 Å². The maximum atomic E-state index is 4.28. The highest BCUT2D eigenvalue weighted by atomic mass is 15.3. The average Bonchev–Trinajstić information content (AvgIpc) is 2.80. The second-order valence-electron chi connectivity index (χ2n) is 3.42. The van der Waals surface area contributed by atoms with Gasteiger partial charge in [0.15, 0.2) is 5.65 Å². The van der Waals surface area contributed by atoms with Crippen LogP contribution in [0.25, 0.3) is 22.2 Å². The molecule has 3 heterocycles. The van der Waals surface area contributed by atoms with Crippen molar-refractivity contribution in [3.05, 3.63) is 25.0 Å². The Morgan fingerprint density at radius 2 is 2.24 bits per heavy atom. The summed E-state index contributed by atoms with van der Waals surface area (Å²) in [7, 11) is 0. The number of aromatic amines is 1. The van der Waals surface area contributed by atoms with Crippen LogP contribution in [-0.2, 0) is 0 Å². The molecule has 0 amide bonds. The van der Waals surface area contributed by atoms with E-state index < -0.39 is 0 Å². The van der Waals surface area contributed by atoms with Crippen molar-refractivity contribution in [3.63, 3.8) is 0 Å². The van der Waals surface area contributed by atoms with Gasteiger partial charge < -0.3 is 5.32 Å². The molecule has 0 spiro atoms. The molecule has 7 nitrogen and oxygen atoms in total. The molecular weight excluding hydrogens is 218 g/mol. The summed E-state index contributed by atoms with van der Waals surface area (Å²) in [6.45, 7) is 4.28. The number of aromatic nitrogens is 6. The Balaban J connectivity index is 2.24. The second kappa shape index (κ2) is 3.78. The van der Waals surface area contributed by atoms with Gasteiger partial charge in [-0.25, -0.2) is 15.0 Å². The maximum Gasteiger partial charge on any atom is 0.203 e. The Morgan fingerprint density at radius 3 is 3.12 bits per heavy atom. The Bertz CT molecular complexity index is 687. The molecular formula is C10H9N7. The van der Waals surface area contributed by atoms with Crippen LogP contribution in [0, 0.1) is 0 Å². The van der Waals surface area contributed by atoms with Crippen LogP contribution in [-0.4, -0.2) is 36.9 Å². The van der Waals surface area contributed by atoms with Gasteiger partial charge in [0, 0.05) is 6.54 Å². The minimum Gasteiger partial charge on any atom is -0.366 e. The Labute approximate surface area is 96.0 Å². The molecule has 3 aromatic heterocycles. The van der Waals surface area contributed by atoms with E-state index in [-0.39, 0.29) is 0 Å². The molecule has 0 aliphatic rings. The first-order chi connectivity index (χ1) is 8.38. The van der Waals surface area contributed by atoms with E-state index in [4.69, 9.17) is 0 Å². The second-order valence-corrected chi connectivity index (χ2v) is 3.42. The summed E-state index contributed by atoms with van der Waals surface area (Å²) in [6.07, 6.45) is 3.22. The first kappa shape index (κ1) is 9.64. The van der Waals surface area contributed by atoms with Gasteiger partial charge in [-0.15, -0.1) is 11.7 Å². The lowest BCUT2D eigenvalue weighted by atomic mass is 10.3. The number of pyridine rings is 1. The fourth-order valence-electron chi connectivity index (χ4n) is 1.57. The lowest BCUT2D eigenvalue weighted by Crippen LogP contribution is -2.02. The van der Waals surface area contributed by atoms with Crippen LogP contribution in [0.1, 0.15) is 0 Å². The van der Waals surface area contributed by atoms with Crippen molar-refractivity contribution in [1.82, 2.24) is 30.4 Å². The summed E-state index contributed by atoms with van der Waals surface area (Å²) >= 11 is 0. The summed E-state index contributed by atoms with van der Waals surface area (Å²) in [5, 5.41) is 14.4. The van der Waals surface area contributed by atoms with Gasteiger partial charge in [0.05, 0.1) is 5.39 Å². The van der Waals surface area contributed by atoms with Gasteiger partial charge in [-0.05, 0) is 6.07 Å². The van der Waals surface area contributed by atoms with Gasteiger partial charge in [0.1, 0.15) is 17.7 Å². The quantitative estimate of drug-likeness (QED) is 0.645. The predicted octanol–water partition coefficient (Wildman–Crippen LogP) is 0.894. The van der Waals surface area contributed by atoms with Crippen LogP contribution in [0.5, 0.6) is 0 Å². The maximum absolute atomic E-state index is 4.28. The van der Waals surface area contributed by atoms with Crippen LogP contribution < -0.4 is 5.32 Å². The normalized spacial score (nSPS) is 10.8. The van der Waals surface area contributed by atoms with Crippen LogP contribution in [0.2, 0.25) is 0 Å². The van der Waals surface area contributed by atoms with E-state index in [0.29, 0.717) is 29.2 Å². The molecule has 0 saturated heterocycles. The monoisotopic (exact) mass is 227 g/mol. The number of rotatable bonds is 3. The summed E-state index contributed by atoms with van der Waals surface area (Å²) in [6, 6.07) is 1.85. The van der Waals surface area contributed by atoms with E-state index in [2.05, 4.69) is 42.3 Å². The number of hydrogen-bond acceptors (Lipinski definition) is 6. The van der Waals surface area contributed by atoms with Crippen molar-refractivity contribution >= 4 is 28.0 Å². The zero-order chi connectivity index (χ0) is 11.7. The first-order valence-corrected chi connectivity index (χ1v) is 5.05. The number of anilines is 1. The van der Waals surface area contributed by atoms with Gasteiger partial charge in [-0.2, -0.15) is 10.3 Å². The molecule has 0 radical (unpaired) electrons. The molecule has 0 aliphatic carbocycles. The van der Waals surface area contributed by atoms with Gasteiger partial charge >= 0.3 is 0 Å². The molecule has 0 saturated carbocycles. The number of fused-ring (bicyclic) bond motifs is 2. The van der Waals surface area contributed by atoms with Gasteiger partial charge in [0.2, 0.25) is 5.65 Å². The van der Waals surface area contributed by atoms with E-state index in [1.54, 1.807) is 6.08 Å². The topological polar surface area (TPSA) is 92.3 Å². The van der Waals surface area contributed by atoms with Crippen LogP contribution in [0.4, 0.5) is 5.82 Å². The Hall–Kier alpha value is -2.57. The van der Waals surface area contributed by atoms with Crippen molar-refractivity contribution in [2.45, 2.75) is 0 Å². The smallest absolute Gasteiger partial charge is 0.203 e. The zero-order valence-corrected chi connectivity index (χ0v) is 8.88. The summed E-state index contributed by atoms with van der Waals surface area (Å²) in [4.78, 5) is 12.6. The minimum atomic E-state index is 0.547. The predicted molar refractivity (Wildman–Crippen MR) is 63.5 cm³/mol. The van der Waals surface area contributed by atoms with Gasteiger partial charge in [-0.3, -0.25) is 0 Å². The first-order valence-electron chi connectivity index (χ1n) is 5.05. The van der Waals surface area contributed by atoms with Crippen molar-refractivity contribution in [3.8, 4) is 0 Å². The van der Waals surface area contributed by atoms with E-state index in [1.807, 2.05) is 6.07 Å². The number of nitrogens with zero attached hydrogens (tertiary/aromatic N) is 5. The fourth-order valence-corrected chi connectivity index (χ4v) is 1.57. The van der Waals surface area contributed by atoms with Crippen molar-refractivity contribution < 1.29 is 0 Å². The molecule has 0 unspecified atom stereocenters. The molecule has 84 valence electrons. The summed E-state index contributed by atoms with van der Waals surface area (Å²) in [5.41, 5.74) is 1.83. The third-order valence-corrected chi connectivity index (χ3v) is 2.33. The zero-order valence-electron chi connectivity index (χ0n) is 8.88. The number of hydrogen-bond donors (Lipinski definition) is 2. The molecule has 2 N–H and O–H groups in total. The Kier molecular flexibility index (Phi) is 2.14. The number of nitrogens with one attached hydrogen (secondary N) is 2. The third-order valence-electron chi connectivity index (χ3n) is 2.33. The highest BCUT2D eigenvalue weighted by molar-refractivity contribution is 5.93. The van der Waals surface area contributed by atoms with E-state index >= 15 is 0 Å². The lowest BCUT2D eigenvalue weighted by Gasteiger charge is -2.04. The number of H-pyrrole nitrogens is 1. The van der Waals surface area contributed by atoms with Crippen molar-refractivity contribution in [1.29, 1.82) is 0 Å². The minimum absolute atomic E-state index is 0.547. The average molecular weight is 227 g/mol. The van der Waals surface area contributed by atoms with Crippen molar-refractivity contribution in [2.75, 3.05) is 11.9 Å². The molecule has 0 aliphatic heterocycles. The molecule has 3 aromatic rings. The van der Waals surface area contributed by atoms with E-state index in [9.17, 15) is 0 Å². The largest absolute Gasteiger partial charge is 0.366 e. The van der Waals surface area contributed by atoms with Crippen LogP contribution >= 0.6 is 0 Å². The molecule has 0 bridgehead atoms. The van der Waals surface area contributed by atoms with Crippen molar-refractivity contribution in [2.24, 2.45) is 0 Å². The molecule has 0 aromatic carbocycles. The van der Waals surface area contributed by atoms with Crippen LogP contribution in [0.3, 0.4) is 0 Å². The van der Waals surface area contributed by atoms with Gasteiger partial charge in [0.25, 0.3) is 0 Å². The molecule has 3 rings (SSSR count). The van der Waals surface area contributed by atoms with E-state index in [1.165, 1.54) is 6.33 Å². The highest BCUT2D eigenvalue weighted by Crippen LogP contribution is 2.20. The lowest BCUT2D eigenvalue weighted by molar-refractivity contribution is 0.955. The standard InChI is InChI=1S/C10H9N7/c1-2-3-11-8-6-4-7-10(16-17-15-7)14-9(6)13-5-12-8/h2,4-5H,1,3H2,(H2,11,12,13,14,15,16,17). The molecule has 0 fully saturated rings. The molecule has 0 atom stereocenters. The van der Waals surface area contributed by atoms with E-state index in [0.717, 1.165) is 5.39 Å². The molecule has 17 heavy (non-hydrogen) atoms. The fraction of sp³-hybridized carbons (Fsp3) is 0.100.